The Hall–Kier alpha value is -2.50. The zero-order chi connectivity index (χ0) is 15.9. The van der Waals surface area contributed by atoms with Gasteiger partial charge in [0.1, 0.15) is 11.5 Å². The molecule has 0 atom stereocenters. The molecule has 6 heteroatoms. The minimum atomic E-state index is -0.158. The predicted octanol–water partition coefficient (Wildman–Crippen LogP) is 1.98. The lowest BCUT2D eigenvalue weighted by atomic mass is 10.4. The first-order valence-corrected chi connectivity index (χ1v) is 7.26. The number of carbonyl (C=O) groups excluding carboxylic acids is 1. The highest BCUT2D eigenvalue weighted by atomic mass is 16.3. The monoisotopic (exact) mass is 303 g/mol. The van der Waals surface area contributed by atoms with Gasteiger partial charge in [0.25, 0.3) is 0 Å². The first-order valence-electron chi connectivity index (χ1n) is 7.26. The van der Waals surface area contributed by atoms with E-state index in [-0.39, 0.29) is 11.6 Å². The van der Waals surface area contributed by atoms with Crippen LogP contribution >= 0.6 is 0 Å². The van der Waals surface area contributed by atoms with E-state index in [9.17, 15) is 9.59 Å². The van der Waals surface area contributed by atoms with E-state index in [2.05, 4.69) is 5.32 Å². The van der Waals surface area contributed by atoms with Crippen molar-refractivity contribution in [2.75, 3.05) is 13.6 Å². The number of urea groups is 1. The fourth-order valence-electron chi connectivity index (χ4n) is 2.10. The van der Waals surface area contributed by atoms with Gasteiger partial charge in [-0.25, -0.2) is 4.79 Å². The second-order valence-corrected chi connectivity index (χ2v) is 5.19. The number of pyridine rings is 1. The number of amides is 2. The molecule has 0 saturated heterocycles. The first kappa shape index (κ1) is 15.9. The molecule has 0 fully saturated rings. The van der Waals surface area contributed by atoms with Gasteiger partial charge in [0.05, 0.1) is 6.54 Å². The summed E-state index contributed by atoms with van der Waals surface area (Å²) < 4.78 is 7.07. The van der Waals surface area contributed by atoms with Gasteiger partial charge in [-0.05, 0) is 31.5 Å². The molecule has 0 radical (unpaired) electrons. The van der Waals surface area contributed by atoms with Gasteiger partial charge in [0.2, 0.25) is 5.56 Å². The number of nitrogens with one attached hydrogen (secondary N) is 1. The molecule has 2 heterocycles. The number of rotatable bonds is 6. The average Bonchev–Trinajstić information content (AvgIpc) is 2.90. The lowest BCUT2D eigenvalue weighted by Gasteiger charge is -2.16. The van der Waals surface area contributed by atoms with Gasteiger partial charge < -0.3 is 19.2 Å². The highest BCUT2D eigenvalue weighted by Crippen LogP contribution is 2.08. The van der Waals surface area contributed by atoms with E-state index in [0.717, 1.165) is 11.5 Å². The Kier molecular flexibility index (Phi) is 5.41. The Bertz CT molecular complexity index is 675. The van der Waals surface area contributed by atoms with Crippen LogP contribution in [0.2, 0.25) is 0 Å². The van der Waals surface area contributed by atoms with Crippen LogP contribution in [0.3, 0.4) is 0 Å². The number of carbonyl (C=O) groups is 1. The molecule has 0 bridgehead atoms. The highest BCUT2D eigenvalue weighted by molar-refractivity contribution is 5.73. The van der Waals surface area contributed by atoms with Gasteiger partial charge in [-0.15, -0.1) is 0 Å². The summed E-state index contributed by atoms with van der Waals surface area (Å²) in [6, 6.07) is 8.64. The molecule has 1 N–H and O–H groups in total. The number of aromatic nitrogens is 1. The average molecular weight is 303 g/mol. The van der Waals surface area contributed by atoms with Crippen molar-refractivity contribution in [3.05, 3.63) is 58.4 Å². The van der Waals surface area contributed by atoms with E-state index >= 15 is 0 Å². The van der Waals surface area contributed by atoms with E-state index < -0.39 is 0 Å². The van der Waals surface area contributed by atoms with Gasteiger partial charge in [-0.1, -0.05) is 6.07 Å². The zero-order valence-corrected chi connectivity index (χ0v) is 12.9. The number of hydrogen-bond acceptors (Lipinski definition) is 3. The fourth-order valence-corrected chi connectivity index (χ4v) is 2.10. The summed E-state index contributed by atoms with van der Waals surface area (Å²) in [6.07, 6.45) is 2.44. The third kappa shape index (κ3) is 4.51. The number of aryl methyl sites for hydroxylation is 2. The SMILES string of the molecule is Cc1ccc(CN(C)C(=O)NCCCn2ccccc2=O)o1. The van der Waals surface area contributed by atoms with E-state index in [4.69, 9.17) is 4.42 Å². The van der Waals surface area contributed by atoms with Crippen molar-refractivity contribution in [3.63, 3.8) is 0 Å². The Morgan fingerprint density at radius 2 is 2.14 bits per heavy atom. The second-order valence-electron chi connectivity index (χ2n) is 5.19. The molecule has 0 spiro atoms. The zero-order valence-electron chi connectivity index (χ0n) is 12.9. The third-order valence-electron chi connectivity index (χ3n) is 3.29. The Morgan fingerprint density at radius 3 is 2.82 bits per heavy atom. The van der Waals surface area contributed by atoms with Crippen LogP contribution in [0.1, 0.15) is 17.9 Å². The van der Waals surface area contributed by atoms with Gasteiger partial charge >= 0.3 is 6.03 Å². The van der Waals surface area contributed by atoms with Crippen LogP contribution in [0.5, 0.6) is 0 Å². The summed E-state index contributed by atoms with van der Waals surface area (Å²) in [4.78, 5) is 25.0. The molecule has 22 heavy (non-hydrogen) atoms. The van der Waals surface area contributed by atoms with E-state index in [1.807, 2.05) is 25.1 Å². The molecule has 2 amide bonds. The summed E-state index contributed by atoms with van der Waals surface area (Å²) in [5, 5.41) is 2.83. The molecule has 2 aromatic heterocycles. The quantitative estimate of drug-likeness (QED) is 0.830. The predicted molar refractivity (Wildman–Crippen MR) is 83.6 cm³/mol. The summed E-state index contributed by atoms with van der Waals surface area (Å²) in [5.41, 5.74) is -0.0286. The van der Waals surface area contributed by atoms with E-state index in [1.54, 1.807) is 28.8 Å². The van der Waals surface area contributed by atoms with Crippen molar-refractivity contribution >= 4 is 6.03 Å². The van der Waals surface area contributed by atoms with Gasteiger partial charge in [-0.3, -0.25) is 4.79 Å². The summed E-state index contributed by atoms with van der Waals surface area (Å²) in [6.45, 7) is 3.40. The smallest absolute Gasteiger partial charge is 0.317 e. The molecule has 2 rings (SSSR count). The maximum atomic E-state index is 11.9. The fraction of sp³-hybridized carbons (Fsp3) is 0.375. The number of furan rings is 1. The molecular weight excluding hydrogens is 282 g/mol. The Labute approximate surface area is 129 Å². The van der Waals surface area contributed by atoms with Crippen LogP contribution in [-0.2, 0) is 13.1 Å². The van der Waals surface area contributed by atoms with Crippen LogP contribution in [0.25, 0.3) is 0 Å². The first-order chi connectivity index (χ1) is 10.6. The van der Waals surface area contributed by atoms with Gasteiger partial charge in [-0.2, -0.15) is 0 Å². The molecule has 0 aliphatic rings. The van der Waals surface area contributed by atoms with Crippen molar-refractivity contribution in [3.8, 4) is 0 Å². The molecule has 118 valence electrons. The van der Waals surface area contributed by atoms with E-state index in [1.165, 1.54) is 6.07 Å². The van der Waals surface area contributed by atoms with Crippen LogP contribution < -0.4 is 10.9 Å². The lowest BCUT2D eigenvalue weighted by Crippen LogP contribution is -2.37. The molecule has 0 unspecified atom stereocenters. The minimum absolute atomic E-state index is 0.0286. The summed E-state index contributed by atoms with van der Waals surface area (Å²) >= 11 is 0. The van der Waals surface area contributed by atoms with Crippen LogP contribution in [0, 0.1) is 6.92 Å². The minimum Gasteiger partial charge on any atom is -0.464 e. The van der Waals surface area contributed by atoms with Crippen molar-refractivity contribution in [1.29, 1.82) is 0 Å². The Balaban J connectivity index is 1.71. The van der Waals surface area contributed by atoms with Crippen molar-refractivity contribution in [2.45, 2.75) is 26.4 Å². The van der Waals surface area contributed by atoms with Gasteiger partial charge in [0, 0.05) is 32.4 Å². The largest absolute Gasteiger partial charge is 0.464 e. The van der Waals surface area contributed by atoms with Crippen LogP contribution in [-0.4, -0.2) is 29.1 Å². The Morgan fingerprint density at radius 1 is 1.32 bits per heavy atom. The number of nitrogens with zero attached hydrogens (tertiary/aromatic N) is 2. The molecule has 2 aromatic rings. The molecule has 0 aliphatic heterocycles. The van der Waals surface area contributed by atoms with Gasteiger partial charge in [0.15, 0.2) is 0 Å². The molecule has 6 nitrogen and oxygen atoms in total. The van der Waals surface area contributed by atoms with Crippen molar-refractivity contribution in [2.24, 2.45) is 0 Å². The van der Waals surface area contributed by atoms with Crippen LogP contribution in [0.4, 0.5) is 4.79 Å². The molecule has 0 saturated carbocycles. The maximum Gasteiger partial charge on any atom is 0.317 e. The highest BCUT2D eigenvalue weighted by Gasteiger charge is 2.10. The summed E-state index contributed by atoms with van der Waals surface area (Å²) in [5.74, 6) is 1.59. The van der Waals surface area contributed by atoms with Crippen molar-refractivity contribution < 1.29 is 9.21 Å². The molecule has 0 aliphatic carbocycles. The molecule has 0 aromatic carbocycles. The van der Waals surface area contributed by atoms with E-state index in [0.29, 0.717) is 26.1 Å². The van der Waals surface area contributed by atoms with Crippen molar-refractivity contribution in [1.82, 2.24) is 14.8 Å². The van der Waals surface area contributed by atoms with Crippen LogP contribution in [0.15, 0.2) is 45.7 Å². The topological polar surface area (TPSA) is 67.5 Å². The normalized spacial score (nSPS) is 10.5. The number of hydrogen-bond donors (Lipinski definition) is 1. The maximum absolute atomic E-state index is 11.9. The lowest BCUT2D eigenvalue weighted by molar-refractivity contribution is 0.202. The third-order valence-corrected chi connectivity index (χ3v) is 3.29. The summed E-state index contributed by atoms with van der Waals surface area (Å²) in [7, 11) is 1.72. The molecular formula is C16H21N3O3. The second kappa shape index (κ2) is 7.49. The standard InChI is InChI=1S/C16H21N3O3/c1-13-7-8-14(22-13)12-18(2)16(21)17-9-5-11-19-10-4-3-6-15(19)20/h3-4,6-8,10H,5,9,11-12H2,1-2H3,(H,17,21).